The van der Waals surface area contributed by atoms with Crippen molar-refractivity contribution in [1.29, 1.82) is 0 Å². The fraction of sp³-hybridized carbons (Fsp3) is 0.562. The fourth-order valence-electron chi connectivity index (χ4n) is 2.54. The van der Waals surface area contributed by atoms with E-state index in [-0.39, 0.29) is 23.1 Å². The van der Waals surface area contributed by atoms with Gasteiger partial charge in [0.2, 0.25) is 5.91 Å². The van der Waals surface area contributed by atoms with Crippen molar-refractivity contribution in [3.05, 3.63) is 29.8 Å². The van der Waals surface area contributed by atoms with Crippen molar-refractivity contribution in [2.75, 3.05) is 5.75 Å². The number of amides is 1. The normalized spacial score (nSPS) is 18.6. The smallest absolute Gasteiger partial charge is 0.226 e. The molecule has 4 nitrogen and oxygen atoms in total. The zero-order valence-corrected chi connectivity index (χ0v) is 13.7. The summed E-state index contributed by atoms with van der Waals surface area (Å²) in [6.45, 7) is 5.59. The Bertz CT molecular complexity index is 615. The predicted molar refractivity (Wildman–Crippen MR) is 82.8 cm³/mol. The lowest BCUT2D eigenvalue weighted by Gasteiger charge is -2.37. The van der Waals surface area contributed by atoms with Crippen LogP contribution in [-0.2, 0) is 14.6 Å². The number of carbonyl (C=O) groups excluding carboxylic acids is 1. The fourth-order valence-corrected chi connectivity index (χ4v) is 4.03. The second-order valence-corrected chi connectivity index (χ2v) is 8.42. The van der Waals surface area contributed by atoms with Crippen LogP contribution >= 0.6 is 0 Å². The molecule has 0 heterocycles. The van der Waals surface area contributed by atoms with E-state index in [9.17, 15) is 13.2 Å². The number of aryl methyl sites for hydroxylation is 1. The molecule has 0 saturated heterocycles. The van der Waals surface area contributed by atoms with E-state index in [1.165, 1.54) is 0 Å². The van der Waals surface area contributed by atoms with Gasteiger partial charge in [0.05, 0.1) is 10.6 Å². The molecule has 1 aromatic rings. The number of hydrogen-bond donors (Lipinski definition) is 1. The molecule has 1 N–H and O–H groups in total. The van der Waals surface area contributed by atoms with Crippen molar-refractivity contribution in [1.82, 2.24) is 5.32 Å². The highest BCUT2D eigenvalue weighted by Gasteiger charge is 2.39. The highest BCUT2D eigenvalue weighted by molar-refractivity contribution is 7.91. The van der Waals surface area contributed by atoms with Gasteiger partial charge in [-0.3, -0.25) is 4.79 Å². The molecule has 2 rings (SSSR count). The summed E-state index contributed by atoms with van der Waals surface area (Å²) in [6.07, 6.45) is 2.84. The molecule has 1 aromatic carbocycles. The Morgan fingerprint density at radius 3 is 2.33 bits per heavy atom. The van der Waals surface area contributed by atoms with Crippen LogP contribution in [0, 0.1) is 12.3 Å². The van der Waals surface area contributed by atoms with Crippen molar-refractivity contribution in [3.63, 3.8) is 0 Å². The Morgan fingerprint density at radius 2 is 1.86 bits per heavy atom. The topological polar surface area (TPSA) is 63.2 Å². The Hall–Kier alpha value is -1.36. The summed E-state index contributed by atoms with van der Waals surface area (Å²) < 4.78 is 24.6. The van der Waals surface area contributed by atoms with E-state index in [1.54, 1.807) is 31.2 Å². The largest absolute Gasteiger partial charge is 0.352 e. The number of hydrogen-bond acceptors (Lipinski definition) is 3. The number of benzene rings is 1. The second-order valence-electron chi connectivity index (χ2n) is 6.38. The van der Waals surface area contributed by atoms with Gasteiger partial charge in [-0.1, -0.05) is 31.0 Å². The van der Waals surface area contributed by atoms with Crippen molar-refractivity contribution in [2.45, 2.75) is 51.0 Å². The van der Waals surface area contributed by atoms with E-state index in [4.69, 9.17) is 0 Å². The minimum atomic E-state index is -3.37. The zero-order valence-electron chi connectivity index (χ0n) is 12.8. The molecule has 0 aliphatic heterocycles. The zero-order chi connectivity index (χ0) is 15.7. The van der Waals surface area contributed by atoms with Gasteiger partial charge >= 0.3 is 0 Å². The Morgan fingerprint density at radius 1 is 1.29 bits per heavy atom. The van der Waals surface area contributed by atoms with Gasteiger partial charge in [-0.25, -0.2) is 8.42 Å². The van der Waals surface area contributed by atoms with E-state index < -0.39 is 9.84 Å². The number of nitrogens with one attached hydrogen (secondary N) is 1. The monoisotopic (exact) mass is 309 g/mol. The number of sulfone groups is 1. The molecule has 0 unspecified atom stereocenters. The first-order valence-electron chi connectivity index (χ1n) is 7.33. The van der Waals surface area contributed by atoms with Crippen LogP contribution in [0.15, 0.2) is 29.2 Å². The molecule has 0 aromatic heterocycles. The quantitative estimate of drug-likeness (QED) is 0.909. The SMILES string of the molecule is Cc1ccc(S(=O)(=O)C[C@H](C)NC(=O)C2(C)CCC2)cc1. The average molecular weight is 309 g/mol. The minimum absolute atomic E-state index is 0.0274. The summed E-state index contributed by atoms with van der Waals surface area (Å²) >= 11 is 0. The van der Waals surface area contributed by atoms with Gasteiger partial charge in [-0.2, -0.15) is 0 Å². The molecule has 5 heteroatoms. The van der Waals surface area contributed by atoms with Crippen LogP contribution < -0.4 is 5.32 Å². The summed E-state index contributed by atoms with van der Waals surface area (Å²) in [7, 11) is -3.37. The molecule has 0 radical (unpaired) electrons. The molecule has 116 valence electrons. The second kappa shape index (κ2) is 5.79. The first-order chi connectivity index (χ1) is 9.73. The standard InChI is InChI=1S/C16H23NO3S/c1-12-5-7-14(8-6-12)21(19,20)11-13(2)17-15(18)16(3)9-4-10-16/h5-8,13H,4,9-11H2,1-3H3,(H,17,18)/t13-/m0/s1. The molecular formula is C16H23NO3S. The van der Waals surface area contributed by atoms with Crippen LogP contribution in [0.4, 0.5) is 0 Å². The molecule has 0 bridgehead atoms. The highest BCUT2D eigenvalue weighted by atomic mass is 32.2. The predicted octanol–water partition coefficient (Wildman–Crippen LogP) is 2.46. The van der Waals surface area contributed by atoms with Crippen molar-refractivity contribution in [2.24, 2.45) is 5.41 Å². The molecule has 1 atom stereocenters. The molecule has 1 amide bonds. The van der Waals surface area contributed by atoms with Gasteiger partial charge < -0.3 is 5.32 Å². The number of rotatable bonds is 5. The molecule has 0 spiro atoms. The molecular weight excluding hydrogens is 286 g/mol. The van der Waals surface area contributed by atoms with Crippen molar-refractivity contribution >= 4 is 15.7 Å². The Balaban J connectivity index is 1.99. The van der Waals surface area contributed by atoms with E-state index in [2.05, 4.69) is 5.32 Å². The number of carbonyl (C=O) groups is 1. The average Bonchev–Trinajstić information content (AvgIpc) is 2.35. The van der Waals surface area contributed by atoms with E-state index in [1.807, 2.05) is 13.8 Å². The molecule has 1 fully saturated rings. The minimum Gasteiger partial charge on any atom is -0.352 e. The summed E-state index contributed by atoms with van der Waals surface area (Å²) in [4.78, 5) is 12.4. The third kappa shape index (κ3) is 3.64. The van der Waals surface area contributed by atoms with Crippen LogP contribution in [0.5, 0.6) is 0 Å². The molecule has 1 aliphatic carbocycles. The summed E-state index contributed by atoms with van der Waals surface area (Å²) in [5, 5.41) is 2.84. The van der Waals surface area contributed by atoms with Crippen molar-refractivity contribution < 1.29 is 13.2 Å². The van der Waals surface area contributed by atoms with E-state index >= 15 is 0 Å². The Kier molecular flexibility index (Phi) is 4.42. The van der Waals surface area contributed by atoms with Crippen molar-refractivity contribution in [3.8, 4) is 0 Å². The van der Waals surface area contributed by atoms with Crippen LogP contribution in [0.3, 0.4) is 0 Å². The van der Waals surface area contributed by atoms with Gasteiger partial charge in [0, 0.05) is 11.5 Å². The maximum Gasteiger partial charge on any atom is 0.226 e. The molecule has 1 saturated carbocycles. The van der Waals surface area contributed by atoms with Gasteiger partial charge in [0.15, 0.2) is 9.84 Å². The van der Waals surface area contributed by atoms with Crippen LogP contribution in [0.1, 0.15) is 38.7 Å². The maximum absolute atomic E-state index is 12.3. The van der Waals surface area contributed by atoms with Gasteiger partial charge in [0.25, 0.3) is 0 Å². The van der Waals surface area contributed by atoms with Gasteiger partial charge in [-0.05, 0) is 38.8 Å². The van der Waals surface area contributed by atoms with Crippen LogP contribution in [0.25, 0.3) is 0 Å². The lowest BCUT2D eigenvalue weighted by molar-refractivity contribution is -0.135. The molecule has 1 aliphatic rings. The Labute approximate surface area is 126 Å². The van der Waals surface area contributed by atoms with E-state index in [0.717, 1.165) is 24.8 Å². The summed E-state index contributed by atoms with van der Waals surface area (Å²) in [6, 6.07) is 6.41. The first kappa shape index (κ1) is 16.0. The van der Waals surface area contributed by atoms with E-state index in [0.29, 0.717) is 4.90 Å². The van der Waals surface area contributed by atoms with Crippen LogP contribution in [-0.4, -0.2) is 26.1 Å². The first-order valence-corrected chi connectivity index (χ1v) is 8.99. The highest BCUT2D eigenvalue weighted by Crippen LogP contribution is 2.40. The third-order valence-corrected chi connectivity index (χ3v) is 6.16. The van der Waals surface area contributed by atoms with Gasteiger partial charge in [0.1, 0.15) is 0 Å². The maximum atomic E-state index is 12.3. The molecule has 21 heavy (non-hydrogen) atoms. The van der Waals surface area contributed by atoms with Crippen LogP contribution in [0.2, 0.25) is 0 Å². The van der Waals surface area contributed by atoms with Gasteiger partial charge in [-0.15, -0.1) is 0 Å². The lowest BCUT2D eigenvalue weighted by Crippen LogP contribution is -2.48. The lowest BCUT2D eigenvalue weighted by atomic mass is 9.70. The summed E-state index contributed by atoms with van der Waals surface area (Å²) in [5.41, 5.74) is 0.718. The summed E-state index contributed by atoms with van der Waals surface area (Å²) in [5.74, 6) is -0.0990. The third-order valence-electron chi connectivity index (χ3n) is 4.23.